The van der Waals surface area contributed by atoms with E-state index in [0.29, 0.717) is 28.6 Å². The Morgan fingerprint density at radius 1 is 1.03 bits per heavy atom. The third kappa shape index (κ3) is 2.85. The summed E-state index contributed by atoms with van der Waals surface area (Å²) in [4.78, 5) is 41.9. The Morgan fingerprint density at radius 3 is 2.48 bits per heavy atom. The third-order valence-electron chi connectivity index (χ3n) is 6.73. The highest BCUT2D eigenvalue weighted by Gasteiger charge is 2.70. The molecule has 0 radical (unpaired) electrons. The fourth-order valence-corrected chi connectivity index (χ4v) is 5.68. The number of para-hydroxylation sites is 1. The summed E-state index contributed by atoms with van der Waals surface area (Å²) in [6, 6.07) is 14.3. The molecule has 2 aromatic carbocycles. The van der Waals surface area contributed by atoms with Crippen molar-refractivity contribution < 1.29 is 14.4 Å². The van der Waals surface area contributed by atoms with Crippen molar-refractivity contribution in [3.8, 4) is 0 Å². The lowest BCUT2D eigenvalue weighted by Gasteiger charge is -2.30. The minimum atomic E-state index is -1.23. The number of fused-ring (bicyclic) bond motifs is 4. The number of anilines is 1. The first-order valence-corrected chi connectivity index (χ1v) is 11.0. The monoisotopic (exact) mass is 437 g/mol. The maximum atomic E-state index is 13.7. The second-order valence-corrected chi connectivity index (χ2v) is 9.45. The molecule has 6 nitrogen and oxygen atoms in total. The lowest BCUT2D eigenvalue weighted by Crippen LogP contribution is -2.53. The van der Waals surface area contributed by atoms with E-state index in [1.165, 1.54) is 4.90 Å². The van der Waals surface area contributed by atoms with Gasteiger partial charge in [-0.1, -0.05) is 61.8 Å². The standard InChI is InChI=1S/C24H24ClN3O3/c1-13(2)11-18-19-20(24(27-18)15-8-4-6-10-17(15)26-23(24)31)22(30)28(21(19)29)12-14-7-3-5-9-16(14)25/h3-10,13,18-20,27H,11-12H2,1-2H3,(H,26,31)/t18-,19-,20-,24+/m1/s1. The Morgan fingerprint density at radius 2 is 1.74 bits per heavy atom. The maximum Gasteiger partial charge on any atom is 0.250 e. The molecule has 3 amide bonds. The van der Waals surface area contributed by atoms with Gasteiger partial charge in [0.1, 0.15) is 5.54 Å². The summed E-state index contributed by atoms with van der Waals surface area (Å²) in [7, 11) is 0. The van der Waals surface area contributed by atoms with Gasteiger partial charge in [-0.2, -0.15) is 0 Å². The molecule has 0 saturated carbocycles. The van der Waals surface area contributed by atoms with Crippen LogP contribution in [0.15, 0.2) is 48.5 Å². The molecular formula is C24H24ClN3O3. The van der Waals surface area contributed by atoms with Gasteiger partial charge >= 0.3 is 0 Å². The first-order valence-electron chi connectivity index (χ1n) is 10.6. The lowest BCUT2D eigenvalue weighted by atomic mass is 9.76. The molecule has 0 unspecified atom stereocenters. The average molecular weight is 438 g/mol. The van der Waals surface area contributed by atoms with Crippen molar-refractivity contribution in [1.29, 1.82) is 0 Å². The van der Waals surface area contributed by atoms with Crippen LogP contribution in [0.25, 0.3) is 0 Å². The van der Waals surface area contributed by atoms with Crippen molar-refractivity contribution in [3.05, 3.63) is 64.7 Å². The molecule has 0 aliphatic carbocycles. The molecular weight excluding hydrogens is 414 g/mol. The zero-order chi connectivity index (χ0) is 21.9. The largest absolute Gasteiger partial charge is 0.324 e. The number of nitrogens with zero attached hydrogens (tertiary/aromatic N) is 1. The summed E-state index contributed by atoms with van der Waals surface area (Å²) in [5, 5.41) is 6.89. The molecule has 160 valence electrons. The van der Waals surface area contributed by atoms with Crippen molar-refractivity contribution in [2.75, 3.05) is 5.32 Å². The molecule has 4 atom stereocenters. The van der Waals surface area contributed by atoms with Gasteiger partial charge in [0.05, 0.1) is 18.4 Å². The van der Waals surface area contributed by atoms with Crippen LogP contribution < -0.4 is 10.6 Å². The van der Waals surface area contributed by atoms with Crippen LogP contribution in [-0.2, 0) is 26.5 Å². The van der Waals surface area contributed by atoms with Crippen LogP contribution in [-0.4, -0.2) is 28.7 Å². The number of carbonyl (C=O) groups excluding carboxylic acids is 3. The zero-order valence-corrected chi connectivity index (χ0v) is 18.1. The van der Waals surface area contributed by atoms with Crippen LogP contribution in [0.3, 0.4) is 0 Å². The first-order chi connectivity index (χ1) is 14.8. The van der Waals surface area contributed by atoms with Crippen molar-refractivity contribution >= 4 is 35.0 Å². The van der Waals surface area contributed by atoms with E-state index in [9.17, 15) is 14.4 Å². The lowest BCUT2D eigenvalue weighted by molar-refractivity contribution is -0.143. The van der Waals surface area contributed by atoms with Gasteiger partial charge in [0, 0.05) is 22.3 Å². The number of hydrogen-bond acceptors (Lipinski definition) is 4. The normalized spacial score (nSPS) is 29.1. The summed E-state index contributed by atoms with van der Waals surface area (Å²) >= 11 is 6.30. The molecule has 7 heteroatoms. The van der Waals surface area contributed by atoms with E-state index in [1.807, 2.05) is 42.5 Å². The van der Waals surface area contributed by atoms with Gasteiger partial charge in [-0.05, 0) is 30.0 Å². The molecule has 31 heavy (non-hydrogen) atoms. The van der Waals surface area contributed by atoms with Gasteiger partial charge < -0.3 is 5.32 Å². The van der Waals surface area contributed by atoms with Crippen LogP contribution >= 0.6 is 11.6 Å². The van der Waals surface area contributed by atoms with Crippen LogP contribution in [0.5, 0.6) is 0 Å². The number of nitrogens with one attached hydrogen (secondary N) is 2. The second kappa shape index (κ2) is 7.18. The van der Waals surface area contributed by atoms with E-state index >= 15 is 0 Å². The minimum absolute atomic E-state index is 0.109. The molecule has 2 aromatic rings. The van der Waals surface area contributed by atoms with Crippen LogP contribution in [0.2, 0.25) is 5.02 Å². The van der Waals surface area contributed by atoms with E-state index in [4.69, 9.17) is 11.6 Å². The molecule has 3 aliphatic rings. The van der Waals surface area contributed by atoms with Gasteiger partial charge in [-0.3, -0.25) is 24.6 Å². The van der Waals surface area contributed by atoms with E-state index in [0.717, 1.165) is 5.56 Å². The Bertz CT molecular complexity index is 1100. The first kappa shape index (κ1) is 20.2. The number of carbonyl (C=O) groups is 3. The Balaban J connectivity index is 1.60. The number of likely N-dealkylation sites (tertiary alicyclic amines) is 1. The average Bonchev–Trinajstić information content (AvgIpc) is 3.30. The van der Waals surface area contributed by atoms with Crippen molar-refractivity contribution in [2.24, 2.45) is 17.8 Å². The summed E-state index contributed by atoms with van der Waals surface area (Å²) in [5.74, 6) is -1.89. The van der Waals surface area contributed by atoms with Gasteiger partial charge in [0.2, 0.25) is 17.7 Å². The van der Waals surface area contributed by atoms with Crippen molar-refractivity contribution in [1.82, 2.24) is 10.2 Å². The summed E-state index contributed by atoms with van der Waals surface area (Å²) in [6.07, 6.45) is 0.692. The fourth-order valence-electron chi connectivity index (χ4n) is 5.48. The molecule has 5 rings (SSSR count). The summed E-state index contributed by atoms with van der Waals surface area (Å²) in [6.45, 7) is 4.26. The molecule has 0 bridgehead atoms. The van der Waals surface area contributed by atoms with Crippen LogP contribution in [0.1, 0.15) is 31.4 Å². The van der Waals surface area contributed by atoms with Gasteiger partial charge in [0.25, 0.3) is 0 Å². The SMILES string of the molecule is CC(C)C[C@H]1N[C@]2(C(=O)Nc3ccccc32)[C@H]2C(=O)N(Cc3ccccc3Cl)C(=O)[C@H]12. The fraction of sp³-hybridized carbons (Fsp3) is 0.375. The smallest absolute Gasteiger partial charge is 0.250 e. The number of rotatable bonds is 4. The van der Waals surface area contributed by atoms with Crippen molar-refractivity contribution in [2.45, 2.75) is 38.4 Å². The van der Waals surface area contributed by atoms with Gasteiger partial charge in [-0.15, -0.1) is 0 Å². The predicted octanol–water partition coefficient (Wildman–Crippen LogP) is 3.31. The Hall–Kier alpha value is -2.70. The molecule has 2 N–H and O–H groups in total. The third-order valence-corrected chi connectivity index (χ3v) is 7.09. The Kier molecular flexibility index (Phi) is 4.68. The Labute approximate surface area is 185 Å². The number of hydrogen-bond donors (Lipinski definition) is 2. The quantitative estimate of drug-likeness (QED) is 0.719. The van der Waals surface area contributed by atoms with E-state index in [2.05, 4.69) is 24.5 Å². The van der Waals surface area contributed by atoms with Gasteiger partial charge in [-0.25, -0.2) is 0 Å². The highest BCUT2D eigenvalue weighted by atomic mass is 35.5. The van der Waals surface area contributed by atoms with Gasteiger partial charge in [0.15, 0.2) is 0 Å². The summed E-state index contributed by atoms with van der Waals surface area (Å²) < 4.78 is 0. The molecule has 1 spiro atoms. The molecule has 2 fully saturated rings. The second-order valence-electron chi connectivity index (χ2n) is 9.05. The molecule has 3 aliphatic heterocycles. The van der Waals surface area contributed by atoms with E-state index in [-0.39, 0.29) is 30.3 Å². The topological polar surface area (TPSA) is 78.5 Å². The number of benzene rings is 2. The maximum absolute atomic E-state index is 13.7. The predicted molar refractivity (Wildman–Crippen MR) is 117 cm³/mol. The van der Waals surface area contributed by atoms with Crippen LogP contribution in [0, 0.1) is 17.8 Å². The molecule has 2 saturated heterocycles. The highest BCUT2D eigenvalue weighted by Crippen LogP contribution is 2.53. The number of imide groups is 1. The minimum Gasteiger partial charge on any atom is -0.324 e. The van der Waals surface area contributed by atoms with E-state index in [1.54, 1.807) is 6.07 Å². The zero-order valence-electron chi connectivity index (χ0n) is 17.4. The van der Waals surface area contributed by atoms with E-state index < -0.39 is 17.4 Å². The summed E-state index contributed by atoms with van der Waals surface area (Å²) in [5.41, 5.74) is 0.906. The highest BCUT2D eigenvalue weighted by molar-refractivity contribution is 6.31. The molecule has 0 aromatic heterocycles. The number of amides is 3. The van der Waals surface area contributed by atoms with Crippen molar-refractivity contribution in [3.63, 3.8) is 0 Å². The number of halogens is 1. The molecule has 3 heterocycles. The van der Waals surface area contributed by atoms with Crippen LogP contribution in [0.4, 0.5) is 5.69 Å².